The number of aromatic amines is 2. The summed E-state index contributed by atoms with van der Waals surface area (Å²) in [5.41, 5.74) is 8.45. The molecule has 2 heterocycles. The van der Waals surface area contributed by atoms with Crippen molar-refractivity contribution in [1.82, 2.24) is 15.2 Å². The number of H-pyrrole nitrogens is 2. The first-order valence-corrected chi connectivity index (χ1v) is 5.23. The number of aryl methyl sites for hydroxylation is 1. The molecule has 0 spiro atoms. The van der Waals surface area contributed by atoms with Crippen molar-refractivity contribution in [3.8, 4) is 11.3 Å². The number of halogens is 1. The van der Waals surface area contributed by atoms with E-state index in [1.165, 1.54) is 6.07 Å². The van der Waals surface area contributed by atoms with Crippen LogP contribution in [-0.2, 0) is 0 Å². The highest BCUT2D eigenvalue weighted by Crippen LogP contribution is 2.27. The number of hydrogen-bond donors (Lipinski definition) is 3. The molecule has 0 saturated carbocycles. The first-order valence-electron chi connectivity index (χ1n) is 5.23. The van der Waals surface area contributed by atoms with Crippen LogP contribution < -0.4 is 5.73 Å². The van der Waals surface area contributed by atoms with E-state index < -0.39 is 0 Å². The normalized spacial score (nSPS) is 11.2. The highest BCUT2D eigenvalue weighted by atomic mass is 19.1. The SMILES string of the molecule is Cc1cc2cc(F)c(-c3cc(N)n[nH]3)cc2[nH]1. The summed E-state index contributed by atoms with van der Waals surface area (Å²) in [6.07, 6.45) is 0. The van der Waals surface area contributed by atoms with Crippen molar-refractivity contribution in [1.29, 1.82) is 0 Å². The number of fused-ring (bicyclic) bond motifs is 1. The van der Waals surface area contributed by atoms with Gasteiger partial charge in [-0.15, -0.1) is 0 Å². The Kier molecular flexibility index (Phi) is 1.95. The maximum absolute atomic E-state index is 13.9. The Morgan fingerprint density at radius 3 is 2.76 bits per heavy atom. The fourth-order valence-electron chi connectivity index (χ4n) is 1.98. The van der Waals surface area contributed by atoms with Crippen LogP contribution >= 0.6 is 0 Å². The lowest BCUT2D eigenvalue weighted by molar-refractivity contribution is 0.632. The van der Waals surface area contributed by atoms with Gasteiger partial charge in [-0.3, -0.25) is 5.10 Å². The van der Waals surface area contributed by atoms with Gasteiger partial charge in [-0.2, -0.15) is 5.10 Å². The number of nitrogens with zero attached hydrogens (tertiary/aromatic N) is 1. The van der Waals surface area contributed by atoms with Crippen molar-refractivity contribution in [3.05, 3.63) is 35.8 Å². The van der Waals surface area contributed by atoms with Crippen LogP contribution in [0.15, 0.2) is 24.3 Å². The molecule has 3 rings (SSSR count). The summed E-state index contributed by atoms with van der Waals surface area (Å²) in [7, 11) is 0. The molecule has 0 aliphatic carbocycles. The molecule has 0 bridgehead atoms. The summed E-state index contributed by atoms with van der Waals surface area (Å²) in [4.78, 5) is 3.17. The first-order chi connectivity index (χ1) is 8.13. The molecule has 0 aliphatic heterocycles. The van der Waals surface area contributed by atoms with E-state index >= 15 is 0 Å². The molecule has 0 amide bonds. The standard InChI is InChI=1S/C12H11FN4/c1-6-2-7-3-9(13)8(4-10(7)15-6)11-5-12(14)17-16-11/h2-5,15H,1H3,(H3,14,16,17). The fourth-order valence-corrected chi connectivity index (χ4v) is 1.98. The number of benzene rings is 1. The summed E-state index contributed by atoms with van der Waals surface area (Å²) >= 11 is 0. The van der Waals surface area contributed by atoms with E-state index in [9.17, 15) is 4.39 Å². The van der Waals surface area contributed by atoms with E-state index in [1.54, 1.807) is 12.1 Å². The van der Waals surface area contributed by atoms with Crippen molar-refractivity contribution < 1.29 is 4.39 Å². The lowest BCUT2D eigenvalue weighted by atomic mass is 10.1. The zero-order valence-electron chi connectivity index (χ0n) is 9.21. The second-order valence-electron chi connectivity index (χ2n) is 4.08. The Morgan fingerprint density at radius 2 is 2.06 bits per heavy atom. The summed E-state index contributed by atoms with van der Waals surface area (Å²) < 4.78 is 13.9. The second-order valence-corrected chi connectivity index (χ2v) is 4.08. The molecule has 1 aromatic carbocycles. The molecular weight excluding hydrogens is 219 g/mol. The zero-order chi connectivity index (χ0) is 12.0. The molecule has 4 nitrogen and oxygen atoms in total. The summed E-state index contributed by atoms with van der Waals surface area (Å²) in [5.74, 6) is 0.0577. The molecule has 3 aromatic rings. The average molecular weight is 230 g/mol. The lowest BCUT2D eigenvalue weighted by Crippen LogP contribution is -1.85. The van der Waals surface area contributed by atoms with E-state index in [1.807, 2.05) is 13.0 Å². The number of nitrogen functional groups attached to an aromatic ring is 1. The largest absolute Gasteiger partial charge is 0.382 e. The molecule has 5 heteroatoms. The summed E-state index contributed by atoms with van der Waals surface area (Å²) in [6.45, 7) is 1.94. The van der Waals surface area contributed by atoms with Gasteiger partial charge >= 0.3 is 0 Å². The fraction of sp³-hybridized carbons (Fsp3) is 0.0833. The summed E-state index contributed by atoms with van der Waals surface area (Å²) in [5, 5.41) is 7.36. The maximum atomic E-state index is 13.9. The molecule has 0 unspecified atom stereocenters. The van der Waals surface area contributed by atoms with Crippen LogP contribution in [0.1, 0.15) is 5.69 Å². The Balaban J connectivity index is 2.25. The van der Waals surface area contributed by atoms with Gasteiger partial charge in [0.25, 0.3) is 0 Å². The third-order valence-corrected chi connectivity index (χ3v) is 2.73. The number of nitrogens with two attached hydrogens (primary N) is 1. The van der Waals surface area contributed by atoms with Gasteiger partial charge in [-0.05, 0) is 25.1 Å². The van der Waals surface area contributed by atoms with Crippen LogP contribution in [-0.4, -0.2) is 15.2 Å². The topological polar surface area (TPSA) is 70.5 Å². The van der Waals surface area contributed by atoms with E-state index in [4.69, 9.17) is 5.73 Å². The number of nitrogens with one attached hydrogen (secondary N) is 2. The van der Waals surface area contributed by atoms with E-state index in [2.05, 4.69) is 15.2 Å². The highest BCUT2D eigenvalue weighted by molar-refractivity contribution is 5.85. The quantitative estimate of drug-likeness (QED) is 0.601. The van der Waals surface area contributed by atoms with Crippen LogP contribution in [0.25, 0.3) is 22.2 Å². The molecule has 17 heavy (non-hydrogen) atoms. The van der Waals surface area contributed by atoms with Crippen molar-refractivity contribution >= 4 is 16.7 Å². The molecule has 0 atom stereocenters. The monoisotopic (exact) mass is 230 g/mol. The molecule has 0 saturated heterocycles. The van der Waals surface area contributed by atoms with Gasteiger partial charge in [0.1, 0.15) is 11.6 Å². The molecule has 0 fully saturated rings. The van der Waals surface area contributed by atoms with E-state index in [0.717, 1.165) is 16.6 Å². The zero-order valence-corrected chi connectivity index (χ0v) is 9.21. The van der Waals surface area contributed by atoms with Crippen molar-refractivity contribution in [2.45, 2.75) is 6.92 Å². The van der Waals surface area contributed by atoms with Crippen LogP contribution in [0.3, 0.4) is 0 Å². The highest BCUT2D eigenvalue weighted by Gasteiger charge is 2.10. The van der Waals surface area contributed by atoms with Crippen molar-refractivity contribution in [2.24, 2.45) is 0 Å². The van der Waals surface area contributed by atoms with Crippen LogP contribution in [0.4, 0.5) is 10.2 Å². The number of hydrogen-bond acceptors (Lipinski definition) is 2. The minimum absolute atomic E-state index is 0.292. The number of rotatable bonds is 1. The van der Waals surface area contributed by atoms with Gasteiger partial charge in [0.15, 0.2) is 0 Å². The van der Waals surface area contributed by atoms with Crippen molar-refractivity contribution in [3.63, 3.8) is 0 Å². The van der Waals surface area contributed by atoms with Crippen molar-refractivity contribution in [2.75, 3.05) is 5.73 Å². The van der Waals surface area contributed by atoms with Gasteiger partial charge in [-0.1, -0.05) is 0 Å². The summed E-state index contributed by atoms with van der Waals surface area (Å²) in [6, 6.07) is 6.78. The van der Waals surface area contributed by atoms with Crippen LogP contribution in [0.2, 0.25) is 0 Å². The Bertz CT molecular complexity index is 696. The van der Waals surface area contributed by atoms with Gasteiger partial charge in [0, 0.05) is 28.2 Å². The first kappa shape index (κ1) is 9.89. The van der Waals surface area contributed by atoms with Gasteiger partial charge in [0.2, 0.25) is 0 Å². The Hall–Kier alpha value is -2.30. The number of anilines is 1. The molecule has 2 aromatic heterocycles. The third-order valence-electron chi connectivity index (χ3n) is 2.73. The predicted molar refractivity (Wildman–Crippen MR) is 65.0 cm³/mol. The van der Waals surface area contributed by atoms with Gasteiger partial charge in [-0.25, -0.2) is 4.39 Å². The third kappa shape index (κ3) is 1.56. The minimum atomic E-state index is -0.292. The molecule has 0 radical (unpaired) electrons. The maximum Gasteiger partial charge on any atom is 0.145 e. The molecule has 4 N–H and O–H groups in total. The predicted octanol–water partition coefficient (Wildman–Crippen LogP) is 2.59. The van der Waals surface area contributed by atoms with Crippen LogP contribution in [0, 0.1) is 12.7 Å². The van der Waals surface area contributed by atoms with Gasteiger partial charge in [0.05, 0.1) is 5.69 Å². The Labute approximate surface area is 96.6 Å². The molecule has 86 valence electrons. The smallest absolute Gasteiger partial charge is 0.145 e. The second kappa shape index (κ2) is 3.35. The minimum Gasteiger partial charge on any atom is -0.382 e. The van der Waals surface area contributed by atoms with Crippen LogP contribution in [0.5, 0.6) is 0 Å². The Morgan fingerprint density at radius 1 is 1.24 bits per heavy atom. The van der Waals surface area contributed by atoms with E-state index in [0.29, 0.717) is 17.1 Å². The van der Waals surface area contributed by atoms with Gasteiger partial charge < -0.3 is 10.7 Å². The average Bonchev–Trinajstić information content (AvgIpc) is 2.82. The molecule has 0 aliphatic rings. The lowest BCUT2D eigenvalue weighted by Gasteiger charge is -2.00. The molecular formula is C12H11FN4. The van der Waals surface area contributed by atoms with E-state index in [-0.39, 0.29) is 5.82 Å². The number of aromatic nitrogens is 3.